The molecule has 0 amide bonds. The van der Waals surface area contributed by atoms with Crippen LogP contribution in [-0.4, -0.2) is 17.1 Å². The molecule has 0 aliphatic heterocycles. The molecule has 0 fully saturated rings. The molecule has 4 aromatic rings. The number of rotatable bonds is 6. The van der Waals surface area contributed by atoms with Gasteiger partial charge in [0.05, 0.1) is 0 Å². The summed E-state index contributed by atoms with van der Waals surface area (Å²) in [5, 5.41) is 2.19. The van der Waals surface area contributed by atoms with Gasteiger partial charge in [-0.2, -0.15) is 0 Å². The van der Waals surface area contributed by atoms with E-state index in [-0.39, 0.29) is 59.1 Å². The molecular weight excluding hydrogens is 438 g/mol. The molecule has 144 valence electrons. The predicted molar refractivity (Wildman–Crippen MR) is 117 cm³/mol. The van der Waals surface area contributed by atoms with E-state index in [9.17, 15) is 9.59 Å². The Balaban J connectivity index is 0.00000171. The van der Waals surface area contributed by atoms with Crippen molar-refractivity contribution in [2.75, 3.05) is 0 Å². The number of hydrogen-bond donors (Lipinski definition) is 0. The molecule has 0 atom stereocenters. The molecule has 4 rings (SSSR count). The van der Waals surface area contributed by atoms with Crippen molar-refractivity contribution in [3.8, 4) is 0 Å². The van der Waals surface area contributed by atoms with Gasteiger partial charge in [0.25, 0.3) is 0 Å². The SMILES string of the molecule is [Na+].[Na+].[O-][Si](O[Si]([O-])(c1ccccc1)c1ccccc1)(c1ccccc1)c1ccccc1. The molecule has 0 saturated carbocycles. The van der Waals surface area contributed by atoms with Crippen LogP contribution in [-0.2, 0) is 4.12 Å². The first kappa shape index (κ1) is 26.4. The molecule has 0 unspecified atom stereocenters. The van der Waals surface area contributed by atoms with Crippen molar-refractivity contribution in [2.24, 2.45) is 0 Å². The van der Waals surface area contributed by atoms with E-state index in [0.29, 0.717) is 20.7 Å². The van der Waals surface area contributed by atoms with Gasteiger partial charge in [0.2, 0.25) is 0 Å². The standard InChI is InChI=1S/C24H20O3Si2.2Na/c25-28(21-13-5-1-6-14-21,22-15-7-2-8-16-22)27-29(26,23-17-9-3-10-18-23)24-19-11-4-12-20-24;;/h1-20H;;/q-2;2*+1. The molecule has 0 saturated heterocycles. The van der Waals surface area contributed by atoms with E-state index < -0.39 is 17.1 Å². The summed E-state index contributed by atoms with van der Waals surface area (Å²) in [6, 6.07) is 36.2. The maximum atomic E-state index is 14.4. The van der Waals surface area contributed by atoms with Crippen molar-refractivity contribution in [3.05, 3.63) is 121 Å². The molecule has 0 aliphatic rings. The van der Waals surface area contributed by atoms with Crippen molar-refractivity contribution in [3.63, 3.8) is 0 Å². The van der Waals surface area contributed by atoms with E-state index in [1.807, 2.05) is 72.8 Å². The van der Waals surface area contributed by atoms with E-state index in [4.69, 9.17) is 4.12 Å². The maximum Gasteiger partial charge on any atom is 1.00 e. The van der Waals surface area contributed by atoms with Crippen LogP contribution in [0.1, 0.15) is 0 Å². The first-order valence-corrected chi connectivity index (χ1v) is 13.1. The predicted octanol–water partition coefficient (Wildman–Crippen LogP) is -5.76. The molecule has 4 aromatic carbocycles. The largest absolute Gasteiger partial charge is 1.00 e. The second-order valence-electron chi connectivity index (χ2n) is 6.80. The van der Waals surface area contributed by atoms with Crippen LogP contribution in [0.15, 0.2) is 121 Å². The van der Waals surface area contributed by atoms with E-state index >= 15 is 0 Å². The molecule has 0 N–H and O–H groups in total. The Kier molecular flexibility index (Phi) is 10.1. The summed E-state index contributed by atoms with van der Waals surface area (Å²) >= 11 is 0. The fraction of sp³-hybridized carbons (Fsp3) is 0. The summed E-state index contributed by atoms with van der Waals surface area (Å²) in [6.07, 6.45) is 0. The quantitative estimate of drug-likeness (QED) is 0.271. The van der Waals surface area contributed by atoms with Crippen LogP contribution in [0.2, 0.25) is 0 Å². The third kappa shape index (κ3) is 5.77. The van der Waals surface area contributed by atoms with Gasteiger partial charge in [0.1, 0.15) is 17.1 Å². The monoisotopic (exact) mass is 458 g/mol. The molecule has 0 bridgehead atoms. The Bertz CT molecular complexity index is 887. The van der Waals surface area contributed by atoms with Crippen molar-refractivity contribution in [1.82, 2.24) is 0 Å². The van der Waals surface area contributed by atoms with Crippen LogP contribution >= 0.6 is 0 Å². The van der Waals surface area contributed by atoms with Gasteiger partial charge < -0.3 is 13.7 Å². The van der Waals surface area contributed by atoms with E-state index in [0.717, 1.165) is 0 Å². The average molecular weight is 459 g/mol. The molecule has 0 aromatic heterocycles. The Hall–Kier alpha value is -0.806. The Morgan fingerprint density at radius 2 is 0.581 bits per heavy atom. The Morgan fingerprint density at radius 1 is 0.387 bits per heavy atom. The van der Waals surface area contributed by atoms with Crippen LogP contribution in [0.5, 0.6) is 0 Å². The zero-order chi connectivity index (χ0) is 20.2. The van der Waals surface area contributed by atoms with Crippen molar-refractivity contribution >= 4 is 37.9 Å². The summed E-state index contributed by atoms with van der Waals surface area (Å²) in [6.45, 7) is 0. The van der Waals surface area contributed by atoms with Crippen molar-refractivity contribution in [1.29, 1.82) is 0 Å². The second kappa shape index (κ2) is 11.9. The minimum absolute atomic E-state index is 0. The topological polar surface area (TPSA) is 55.3 Å². The summed E-state index contributed by atoms with van der Waals surface area (Å²) in [4.78, 5) is 28.8. The van der Waals surface area contributed by atoms with Crippen LogP contribution < -0.4 is 89.5 Å². The van der Waals surface area contributed by atoms with Crippen LogP contribution in [0.4, 0.5) is 0 Å². The zero-order valence-corrected chi connectivity index (χ0v) is 23.8. The van der Waals surface area contributed by atoms with E-state index in [1.54, 1.807) is 48.5 Å². The maximum absolute atomic E-state index is 14.4. The van der Waals surface area contributed by atoms with Gasteiger partial charge in [-0.3, -0.25) is 0 Å². The van der Waals surface area contributed by atoms with Crippen molar-refractivity contribution in [2.45, 2.75) is 0 Å². The zero-order valence-electron chi connectivity index (χ0n) is 17.8. The van der Waals surface area contributed by atoms with Crippen LogP contribution in [0.25, 0.3) is 0 Å². The second-order valence-corrected chi connectivity index (χ2v) is 12.4. The van der Waals surface area contributed by atoms with Gasteiger partial charge in [-0.1, -0.05) is 121 Å². The number of benzene rings is 4. The molecule has 0 aliphatic carbocycles. The third-order valence-electron chi connectivity index (χ3n) is 4.90. The van der Waals surface area contributed by atoms with Gasteiger partial charge in [-0.25, -0.2) is 0 Å². The van der Waals surface area contributed by atoms with Crippen LogP contribution in [0.3, 0.4) is 0 Å². The average Bonchev–Trinajstić information content (AvgIpc) is 2.81. The van der Waals surface area contributed by atoms with Gasteiger partial charge >= 0.3 is 59.1 Å². The molecule has 3 nitrogen and oxygen atoms in total. The molecule has 31 heavy (non-hydrogen) atoms. The fourth-order valence-electron chi connectivity index (χ4n) is 3.40. The minimum Gasteiger partial charge on any atom is -0.832 e. The first-order chi connectivity index (χ1) is 14.1. The number of hydrogen-bond acceptors (Lipinski definition) is 3. The summed E-state index contributed by atoms with van der Waals surface area (Å²) in [7, 11) is -8.01. The third-order valence-corrected chi connectivity index (χ3v) is 11.6. The molecule has 0 heterocycles. The smallest absolute Gasteiger partial charge is 0.832 e. The van der Waals surface area contributed by atoms with Gasteiger partial charge in [-0.15, -0.1) is 0 Å². The first-order valence-electron chi connectivity index (χ1n) is 9.46. The normalized spacial score (nSPS) is 11.2. The molecule has 7 heteroatoms. The fourth-order valence-corrected chi connectivity index (χ4v) is 10.1. The molecule has 0 radical (unpaired) electrons. The van der Waals surface area contributed by atoms with Gasteiger partial charge in [0.15, 0.2) is 0 Å². The van der Waals surface area contributed by atoms with Crippen LogP contribution in [0, 0.1) is 0 Å². The van der Waals surface area contributed by atoms with Crippen molar-refractivity contribution < 1.29 is 72.8 Å². The van der Waals surface area contributed by atoms with E-state index in [1.165, 1.54) is 0 Å². The molecule has 0 spiro atoms. The van der Waals surface area contributed by atoms with Gasteiger partial charge in [0, 0.05) is 0 Å². The Labute approximate surface area is 229 Å². The Morgan fingerprint density at radius 3 is 0.774 bits per heavy atom. The summed E-state index contributed by atoms with van der Waals surface area (Å²) in [5.74, 6) is 0. The summed E-state index contributed by atoms with van der Waals surface area (Å²) < 4.78 is 6.34. The molecular formula is C24H20Na2O3Si2. The van der Waals surface area contributed by atoms with Gasteiger partial charge in [-0.05, 0) is 20.7 Å². The van der Waals surface area contributed by atoms with E-state index in [2.05, 4.69) is 0 Å². The summed E-state index contributed by atoms with van der Waals surface area (Å²) in [5.41, 5.74) is 0. The minimum atomic E-state index is -4.00.